The Balaban J connectivity index is 2.16. The molecular weight excluding hydrogens is 313 g/mol. The first-order valence-corrected chi connectivity index (χ1v) is 6.38. The highest BCUT2D eigenvalue weighted by Gasteiger charge is 2.06. The van der Waals surface area contributed by atoms with E-state index in [0.29, 0.717) is 22.9 Å². The number of nitrogens with zero attached hydrogens (tertiary/aromatic N) is 1. The number of aromatic nitrogens is 1. The fourth-order valence-corrected chi connectivity index (χ4v) is 1.97. The van der Waals surface area contributed by atoms with Crippen LogP contribution in [0, 0.1) is 5.82 Å². The minimum Gasteiger partial charge on any atom is -0.481 e. The number of benzene rings is 1. The summed E-state index contributed by atoms with van der Waals surface area (Å²) in [5.74, 6) is 0.641. The lowest BCUT2D eigenvalue weighted by atomic mass is 10.2. The molecule has 0 aliphatic rings. The summed E-state index contributed by atoms with van der Waals surface area (Å²) in [6, 6.07) is 8.12. The van der Waals surface area contributed by atoms with Crippen molar-refractivity contribution in [1.82, 2.24) is 4.98 Å². The Morgan fingerprint density at radius 1 is 1.37 bits per heavy atom. The molecule has 2 rings (SSSR count). The number of anilines is 2. The van der Waals surface area contributed by atoms with E-state index in [4.69, 9.17) is 10.5 Å². The van der Waals surface area contributed by atoms with Crippen LogP contribution < -0.4 is 15.8 Å². The Labute approximate surface area is 118 Å². The van der Waals surface area contributed by atoms with Crippen LogP contribution in [0.2, 0.25) is 0 Å². The first-order valence-electron chi connectivity index (χ1n) is 5.58. The largest absolute Gasteiger partial charge is 0.481 e. The summed E-state index contributed by atoms with van der Waals surface area (Å²) in [6.07, 6.45) is 0. The van der Waals surface area contributed by atoms with Crippen molar-refractivity contribution in [2.75, 3.05) is 18.2 Å². The highest BCUT2D eigenvalue weighted by atomic mass is 79.9. The minimum absolute atomic E-state index is 0.280. The second-order valence-electron chi connectivity index (χ2n) is 3.88. The number of ether oxygens (including phenoxy) is 1. The molecule has 0 bridgehead atoms. The average molecular weight is 326 g/mol. The molecule has 1 aromatic heterocycles. The van der Waals surface area contributed by atoms with Gasteiger partial charge in [0, 0.05) is 22.6 Å². The normalized spacial score (nSPS) is 10.3. The molecule has 0 atom stereocenters. The zero-order chi connectivity index (χ0) is 13.8. The molecule has 0 radical (unpaired) electrons. The molecule has 3 N–H and O–H groups in total. The molecule has 1 heterocycles. The van der Waals surface area contributed by atoms with Gasteiger partial charge in [-0.25, -0.2) is 4.39 Å². The van der Waals surface area contributed by atoms with Crippen molar-refractivity contribution >= 4 is 27.4 Å². The Kier molecular flexibility index (Phi) is 4.21. The minimum atomic E-state index is -0.280. The van der Waals surface area contributed by atoms with E-state index in [-0.39, 0.29) is 12.4 Å². The summed E-state index contributed by atoms with van der Waals surface area (Å²) in [5, 5.41) is 3.00. The lowest BCUT2D eigenvalue weighted by molar-refractivity contribution is 0.398. The van der Waals surface area contributed by atoms with Crippen LogP contribution in [-0.4, -0.2) is 12.1 Å². The van der Waals surface area contributed by atoms with Gasteiger partial charge >= 0.3 is 0 Å². The lowest BCUT2D eigenvalue weighted by Gasteiger charge is -2.10. The molecule has 4 nitrogen and oxygen atoms in total. The smallest absolute Gasteiger partial charge is 0.215 e. The maximum absolute atomic E-state index is 13.6. The molecule has 0 fully saturated rings. The molecular formula is C13H13BrFN3O. The molecule has 2 aromatic rings. The number of rotatable bonds is 4. The molecule has 19 heavy (non-hydrogen) atoms. The number of methoxy groups -OCH3 is 1. The second kappa shape index (κ2) is 5.88. The fraction of sp³-hybridized carbons (Fsp3) is 0.154. The zero-order valence-electron chi connectivity index (χ0n) is 10.3. The van der Waals surface area contributed by atoms with Crippen LogP contribution in [0.25, 0.3) is 0 Å². The quantitative estimate of drug-likeness (QED) is 0.906. The van der Waals surface area contributed by atoms with Crippen LogP contribution >= 0.6 is 15.9 Å². The number of nitrogens with two attached hydrogens (primary N) is 1. The molecule has 0 saturated heterocycles. The topological polar surface area (TPSA) is 60.2 Å². The summed E-state index contributed by atoms with van der Waals surface area (Å²) in [6.45, 7) is 0.287. The van der Waals surface area contributed by atoms with E-state index in [0.717, 1.165) is 4.47 Å². The molecule has 0 saturated carbocycles. The summed E-state index contributed by atoms with van der Waals surface area (Å²) < 4.78 is 19.4. The predicted octanol–water partition coefficient (Wildman–Crippen LogP) is 3.19. The van der Waals surface area contributed by atoms with Gasteiger partial charge in [0.2, 0.25) is 5.88 Å². The second-order valence-corrected chi connectivity index (χ2v) is 4.80. The van der Waals surface area contributed by atoms with Gasteiger partial charge < -0.3 is 15.8 Å². The van der Waals surface area contributed by atoms with Crippen molar-refractivity contribution in [3.8, 4) is 5.88 Å². The molecule has 0 unspecified atom stereocenters. The number of nitrogen functional groups attached to an aromatic ring is 1. The van der Waals surface area contributed by atoms with Gasteiger partial charge in [0.25, 0.3) is 0 Å². The lowest BCUT2D eigenvalue weighted by Crippen LogP contribution is -2.06. The van der Waals surface area contributed by atoms with E-state index in [9.17, 15) is 4.39 Å². The van der Waals surface area contributed by atoms with Crippen molar-refractivity contribution in [3.63, 3.8) is 0 Å². The number of halogens is 2. The maximum atomic E-state index is 13.6. The van der Waals surface area contributed by atoms with Crippen molar-refractivity contribution in [3.05, 3.63) is 46.2 Å². The summed E-state index contributed by atoms with van der Waals surface area (Å²) in [5.41, 5.74) is 6.80. The summed E-state index contributed by atoms with van der Waals surface area (Å²) >= 11 is 3.31. The van der Waals surface area contributed by atoms with Crippen molar-refractivity contribution < 1.29 is 9.13 Å². The third-order valence-electron chi connectivity index (χ3n) is 2.56. The van der Waals surface area contributed by atoms with Gasteiger partial charge in [-0.3, -0.25) is 0 Å². The summed E-state index contributed by atoms with van der Waals surface area (Å²) in [7, 11) is 1.52. The zero-order valence-corrected chi connectivity index (χ0v) is 11.9. The van der Waals surface area contributed by atoms with Crippen LogP contribution in [0.3, 0.4) is 0 Å². The van der Waals surface area contributed by atoms with E-state index in [1.165, 1.54) is 13.2 Å². The van der Waals surface area contributed by atoms with Gasteiger partial charge in [-0.2, -0.15) is 4.98 Å². The number of pyridine rings is 1. The van der Waals surface area contributed by atoms with Crippen LogP contribution in [0.4, 0.5) is 15.9 Å². The predicted molar refractivity (Wildman–Crippen MR) is 76.6 cm³/mol. The van der Waals surface area contributed by atoms with Gasteiger partial charge in [0.1, 0.15) is 5.82 Å². The summed E-state index contributed by atoms with van der Waals surface area (Å²) in [4.78, 5) is 4.17. The van der Waals surface area contributed by atoms with Gasteiger partial charge in [0.15, 0.2) is 5.82 Å². The molecule has 0 spiro atoms. The monoisotopic (exact) mass is 325 g/mol. The molecule has 0 aliphatic carbocycles. The first-order chi connectivity index (χ1) is 9.10. The Morgan fingerprint density at radius 2 is 2.16 bits per heavy atom. The van der Waals surface area contributed by atoms with Gasteiger partial charge in [-0.15, -0.1) is 0 Å². The molecule has 6 heteroatoms. The Bertz CT molecular complexity index is 592. The van der Waals surface area contributed by atoms with Crippen LogP contribution in [0.15, 0.2) is 34.8 Å². The van der Waals surface area contributed by atoms with Gasteiger partial charge in [-0.05, 0) is 24.3 Å². The van der Waals surface area contributed by atoms with E-state index < -0.39 is 0 Å². The van der Waals surface area contributed by atoms with E-state index in [1.807, 2.05) is 0 Å². The fourth-order valence-electron chi connectivity index (χ4n) is 1.57. The van der Waals surface area contributed by atoms with Crippen LogP contribution in [0.5, 0.6) is 5.88 Å². The standard InChI is InChI=1S/C13H13BrFN3O/c1-19-12-5-4-11(16)13(18-12)17-7-8-6-9(14)2-3-10(8)15/h2-6H,7,16H2,1H3,(H,17,18). The van der Waals surface area contributed by atoms with Gasteiger partial charge in [-0.1, -0.05) is 15.9 Å². The third kappa shape index (κ3) is 3.35. The highest BCUT2D eigenvalue weighted by Crippen LogP contribution is 2.21. The Morgan fingerprint density at radius 3 is 2.89 bits per heavy atom. The number of hydrogen-bond acceptors (Lipinski definition) is 4. The van der Waals surface area contributed by atoms with E-state index in [2.05, 4.69) is 26.2 Å². The molecule has 0 aliphatic heterocycles. The molecule has 100 valence electrons. The first kappa shape index (κ1) is 13.6. The van der Waals surface area contributed by atoms with Crippen molar-refractivity contribution in [1.29, 1.82) is 0 Å². The molecule has 1 aromatic carbocycles. The van der Waals surface area contributed by atoms with Gasteiger partial charge in [0.05, 0.1) is 12.8 Å². The SMILES string of the molecule is COc1ccc(N)c(NCc2cc(Br)ccc2F)n1. The van der Waals surface area contributed by atoms with Crippen molar-refractivity contribution in [2.24, 2.45) is 0 Å². The van der Waals surface area contributed by atoms with Crippen LogP contribution in [0.1, 0.15) is 5.56 Å². The Hall–Kier alpha value is -1.82. The van der Waals surface area contributed by atoms with E-state index in [1.54, 1.807) is 24.3 Å². The van der Waals surface area contributed by atoms with E-state index >= 15 is 0 Å². The average Bonchev–Trinajstić information content (AvgIpc) is 2.41. The molecule has 0 amide bonds. The van der Waals surface area contributed by atoms with Crippen molar-refractivity contribution in [2.45, 2.75) is 6.54 Å². The van der Waals surface area contributed by atoms with Crippen LogP contribution in [-0.2, 0) is 6.54 Å². The maximum Gasteiger partial charge on any atom is 0.215 e. The number of hydrogen-bond donors (Lipinski definition) is 2. The number of nitrogens with one attached hydrogen (secondary N) is 1. The highest BCUT2D eigenvalue weighted by molar-refractivity contribution is 9.10. The third-order valence-corrected chi connectivity index (χ3v) is 3.06.